The van der Waals surface area contributed by atoms with Gasteiger partial charge in [-0.2, -0.15) is 0 Å². The van der Waals surface area contributed by atoms with E-state index in [0.717, 1.165) is 0 Å². The van der Waals surface area contributed by atoms with Crippen LogP contribution in [0.15, 0.2) is 18.2 Å². The number of ether oxygens (including phenoxy) is 4. The molecule has 172 valence electrons. The van der Waals surface area contributed by atoms with E-state index in [1.165, 1.54) is 32.0 Å². The lowest BCUT2D eigenvalue weighted by Crippen LogP contribution is -2.59. The van der Waals surface area contributed by atoms with E-state index in [2.05, 4.69) is 5.32 Å². The molecule has 31 heavy (non-hydrogen) atoms. The van der Waals surface area contributed by atoms with E-state index in [4.69, 9.17) is 18.9 Å². The molecule has 0 radical (unpaired) electrons. The number of benzene rings is 1. The number of carboxylic acids is 1. The third-order valence-corrected chi connectivity index (χ3v) is 4.00. The van der Waals surface area contributed by atoms with Crippen LogP contribution in [-0.4, -0.2) is 47.0 Å². The highest BCUT2D eigenvalue weighted by atomic mass is 16.7. The Morgan fingerprint density at radius 1 is 1.03 bits per heavy atom. The first-order chi connectivity index (χ1) is 14.4. The van der Waals surface area contributed by atoms with Gasteiger partial charge in [-0.3, -0.25) is 14.9 Å². The van der Waals surface area contributed by atoms with Crippen molar-refractivity contribution in [2.24, 2.45) is 0 Å². The molecule has 1 aromatic carbocycles. The lowest BCUT2D eigenvalue weighted by Gasteiger charge is -2.32. The summed E-state index contributed by atoms with van der Waals surface area (Å²) in [4.78, 5) is 47.1. The Kier molecular flexibility index (Phi) is 9.44. The second-order valence-corrected chi connectivity index (χ2v) is 7.25. The summed E-state index contributed by atoms with van der Waals surface area (Å²) in [6.07, 6.45) is -1.43. The zero-order valence-electron chi connectivity index (χ0n) is 18.5. The number of nitrogens with one attached hydrogen (secondary N) is 1. The van der Waals surface area contributed by atoms with E-state index >= 15 is 0 Å². The van der Waals surface area contributed by atoms with Crippen molar-refractivity contribution in [2.75, 3.05) is 0 Å². The summed E-state index contributed by atoms with van der Waals surface area (Å²) in [7, 11) is 0. The van der Waals surface area contributed by atoms with Crippen molar-refractivity contribution >= 4 is 24.1 Å². The second kappa shape index (κ2) is 11.3. The molecule has 0 saturated carbocycles. The number of carbonyl (C=O) groups is 4. The van der Waals surface area contributed by atoms with E-state index in [9.17, 15) is 24.3 Å². The van der Waals surface area contributed by atoms with Crippen LogP contribution in [0.2, 0.25) is 0 Å². The normalized spacial score (nSPS) is 13.6. The molecule has 2 atom stereocenters. The van der Waals surface area contributed by atoms with Crippen LogP contribution in [-0.2, 0) is 30.3 Å². The summed E-state index contributed by atoms with van der Waals surface area (Å²) in [6, 6.07) is 3.85. The van der Waals surface area contributed by atoms with Gasteiger partial charge in [0.1, 0.15) is 0 Å². The molecule has 10 nitrogen and oxygen atoms in total. The number of hydrogen-bond donors (Lipinski definition) is 2. The summed E-state index contributed by atoms with van der Waals surface area (Å²) < 4.78 is 20.3. The molecule has 0 spiro atoms. The van der Waals surface area contributed by atoms with Gasteiger partial charge in [-0.1, -0.05) is 13.0 Å². The van der Waals surface area contributed by atoms with Crippen LogP contribution in [0.4, 0.5) is 4.79 Å². The van der Waals surface area contributed by atoms with Crippen molar-refractivity contribution in [1.29, 1.82) is 0 Å². The lowest BCUT2D eigenvalue weighted by molar-refractivity contribution is -0.167. The predicted octanol–water partition coefficient (Wildman–Crippen LogP) is 2.81. The summed E-state index contributed by atoms with van der Waals surface area (Å²) in [5.41, 5.74) is -1.82. The molecule has 2 N–H and O–H groups in total. The molecule has 1 aromatic rings. The molecule has 10 heteroatoms. The highest BCUT2D eigenvalue weighted by molar-refractivity contribution is 5.80. The van der Waals surface area contributed by atoms with E-state index in [0.29, 0.717) is 12.0 Å². The molecule has 0 aliphatic carbocycles. The fourth-order valence-corrected chi connectivity index (χ4v) is 2.58. The van der Waals surface area contributed by atoms with Gasteiger partial charge in [0, 0.05) is 26.3 Å². The minimum Gasteiger partial charge on any atom is -0.477 e. The Labute approximate surface area is 180 Å². The Balaban J connectivity index is 3.39. The van der Waals surface area contributed by atoms with E-state index in [1.54, 1.807) is 20.8 Å². The molecule has 0 aromatic heterocycles. The maximum absolute atomic E-state index is 12.2. The SMILES string of the molecule is CCC(C)N[C@@](Cc1ccc(OC(C)=O)c(OC(C)=O)c1)(OC(=O)OC(C)C)C(=O)O. The average molecular weight is 439 g/mol. The van der Waals surface area contributed by atoms with Gasteiger partial charge in [-0.25, -0.2) is 9.59 Å². The molecular formula is C21H29NO9. The van der Waals surface area contributed by atoms with E-state index < -0.39 is 35.9 Å². The topological polar surface area (TPSA) is 137 Å². The van der Waals surface area contributed by atoms with Gasteiger partial charge >= 0.3 is 24.1 Å². The van der Waals surface area contributed by atoms with E-state index in [-0.39, 0.29) is 24.0 Å². The predicted molar refractivity (Wildman–Crippen MR) is 109 cm³/mol. The van der Waals surface area contributed by atoms with E-state index in [1.807, 2.05) is 6.92 Å². The Bertz CT molecular complexity index is 821. The van der Waals surface area contributed by atoms with Crippen LogP contribution in [0.5, 0.6) is 11.5 Å². The number of hydrogen-bond acceptors (Lipinski definition) is 9. The molecule has 1 rings (SSSR count). The standard InChI is InChI=1S/C21H29NO9/c1-7-13(4)22-21(19(25)26,31-20(27)28-12(2)3)11-16-8-9-17(29-14(5)23)18(10-16)30-15(6)24/h8-10,12-13,22H,7,11H2,1-6H3,(H,25,26)/t13?,21-/m0/s1. The fourth-order valence-electron chi connectivity index (χ4n) is 2.58. The summed E-state index contributed by atoms with van der Waals surface area (Å²) in [6.45, 7) is 9.13. The first-order valence-electron chi connectivity index (χ1n) is 9.79. The van der Waals surface area contributed by atoms with Crippen molar-refractivity contribution in [3.05, 3.63) is 23.8 Å². The summed E-state index contributed by atoms with van der Waals surface area (Å²) in [5, 5.41) is 12.8. The number of carboxylic acid groups (broad SMARTS) is 1. The molecule has 0 bridgehead atoms. The maximum atomic E-state index is 12.2. The maximum Gasteiger partial charge on any atom is 0.510 e. The molecule has 0 aliphatic heterocycles. The highest BCUT2D eigenvalue weighted by Gasteiger charge is 2.45. The average Bonchev–Trinajstić information content (AvgIpc) is 2.61. The van der Waals surface area contributed by atoms with Gasteiger partial charge in [0.2, 0.25) is 0 Å². The summed E-state index contributed by atoms with van der Waals surface area (Å²) >= 11 is 0. The third-order valence-electron chi connectivity index (χ3n) is 4.00. The van der Waals surface area contributed by atoms with Crippen molar-refractivity contribution < 1.29 is 43.2 Å². The van der Waals surface area contributed by atoms with Crippen LogP contribution in [0.3, 0.4) is 0 Å². The van der Waals surface area contributed by atoms with Gasteiger partial charge in [0.15, 0.2) is 11.5 Å². The van der Waals surface area contributed by atoms with Gasteiger partial charge in [-0.15, -0.1) is 0 Å². The van der Waals surface area contributed by atoms with Crippen LogP contribution >= 0.6 is 0 Å². The molecule has 0 amide bonds. The largest absolute Gasteiger partial charge is 0.510 e. The molecule has 0 heterocycles. The zero-order chi connectivity index (χ0) is 23.8. The van der Waals surface area contributed by atoms with Crippen molar-refractivity contribution in [3.8, 4) is 11.5 Å². The number of rotatable bonds is 10. The van der Waals surface area contributed by atoms with Crippen LogP contribution < -0.4 is 14.8 Å². The van der Waals surface area contributed by atoms with Gasteiger partial charge in [0.05, 0.1) is 6.10 Å². The quantitative estimate of drug-likeness (QED) is 0.318. The number of esters is 2. The molecule has 0 fully saturated rings. The molecule has 0 saturated heterocycles. The minimum absolute atomic E-state index is 0.0117. The smallest absolute Gasteiger partial charge is 0.477 e. The zero-order valence-corrected chi connectivity index (χ0v) is 18.5. The van der Waals surface area contributed by atoms with Crippen molar-refractivity contribution in [3.63, 3.8) is 0 Å². The first-order valence-corrected chi connectivity index (χ1v) is 9.79. The van der Waals surface area contributed by atoms with Crippen LogP contribution in [0, 0.1) is 0 Å². The fraction of sp³-hybridized carbons (Fsp3) is 0.524. The Morgan fingerprint density at radius 2 is 1.61 bits per heavy atom. The van der Waals surface area contributed by atoms with Crippen molar-refractivity contribution in [1.82, 2.24) is 5.32 Å². The number of carbonyl (C=O) groups excluding carboxylic acids is 3. The third kappa shape index (κ3) is 8.25. The minimum atomic E-state index is -2.15. The van der Waals surface area contributed by atoms with Gasteiger partial charge in [-0.05, 0) is 44.9 Å². The highest BCUT2D eigenvalue weighted by Crippen LogP contribution is 2.31. The first kappa shape index (κ1) is 25.9. The van der Waals surface area contributed by atoms with Crippen LogP contribution in [0.25, 0.3) is 0 Å². The van der Waals surface area contributed by atoms with Crippen LogP contribution in [0.1, 0.15) is 53.5 Å². The number of aliphatic carboxylic acids is 1. The second-order valence-electron chi connectivity index (χ2n) is 7.25. The summed E-state index contributed by atoms with van der Waals surface area (Å²) in [5.74, 6) is -2.81. The lowest BCUT2D eigenvalue weighted by atomic mass is 10.00. The Morgan fingerprint density at radius 3 is 2.10 bits per heavy atom. The molecule has 0 aliphatic rings. The Hall–Kier alpha value is -3.14. The molecule has 1 unspecified atom stereocenters. The van der Waals surface area contributed by atoms with Gasteiger partial charge in [0.25, 0.3) is 5.72 Å². The van der Waals surface area contributed by atoms with Crippen molar-refractivity contribution in [2.45, 2.75) is 72.3 Å². The van der Waals surface area contributed by atoms with Gasteiger partial charge < -0.3 is 24.1 Å². The molecular weight excluding hydrogens is 410 g/mol. The monoisotopic (exact) mass is 439 g/mol.